The fourth-order valence-corrected chi connectivity index (χ4v) is 2.22. The van der Waals surface area contributed by atoms with Gasteiger partial charge < -0.3 is 10.3 Å². The molecule has 2 rings (SSSR count). The average Bonchev–Trinajstić information content (AvgIpc) is 2.91. The van der Waals surface area contributed by atoms with Crippen LogP contribution in [0.2, 0.25) is 0 Å². The maximum Gasteiger partial charge on any atom is 0.286 e. The second-order valence-corrected chi connectivity index (χ2v) is 5.64. The minimum absolute atomic E-state index is 0.299. The number of H-pyrrole nitrogens is 1. The highest BCUT2D eigenvalue weighted by Gasteiger charge is 2.07. The number of hydrazine groups is 1. The predicted octanol–water partition coefficient (Wildman–Crippen LogP) is 2.97. The first kappa shape index (κ1) is 15.5. The molecule has 0 saturated carbocycles. The highest BCUT2D eigenvalue weighted by atomic mass is 79.9. The Bertz CT molecular complexity index is 656. The zero-order chi connectivity index (χ0) is 15.2. The maximum absolute atomic E-state index is 11.8. The van der Waals surface area contributed by atoms with Crippen LogP contribution >= 0.6 is 28.1 Å². The number of nitrogens with one attached hydrogen (secondary N) is 4. The number of aromatic amines is 1. The number of amides is 1. The molecule has 0 saturated heterocycles. The van der Waals surface area contributed by atoms with Crippen molar-refractivity contribution in [3.63, 3.8) is 0 Å². The van der Waals surface area contributed by atoms with Crippen molar-refractivity contribution in [3.05, 3.63) is 52.3 Å². The van der Waals surface area contributed by atoms with Gasteiger partial charge in [-0.25, -0.2) is 0 Å². The molecule has 0 fully saturated rings. The van der Waals surface area contributed by atoms with Gasteiger partial charge in [-0.1, -0.05) is 19.1 Å². The standard InChI is InChI=1S/C14H15BrN4OS/c1-2-9-4-3-5-11(6-9)17-14(21)19-18-13(20)12-7-10(15)8-16-12/h3-8,16H,2H2,1H3,(H,18,20)(H2,17,19,21). The number of aryl methyl sites for hydroxylation is 1. The zero-order valence-electron chi connectivity index (χ0n) is 11.4. The summed E-state index contributed by atoms with van der Waals surface area (Å²) in [6, 6.07) is 9.61. The summed E-state index contributed by atoms with van der Waals surface area (Å²) in [5.74, 6) is -0.299. The summed E-state index contributed by atoms with van der Waals surface area (Å²) in [6.45, 7) is 2.09. The van der Waals surface area contributed by atoms with E-state index >= 15 is 0 Å². The van der Waals surface area contributed by atoms with Gasteiger partial charge in [-0.05, 0) is 58.3 Å². The van der Waals surface area contributed by atoms with Crippen LogP contribution in [0.3, 0.4) is 0 Å². The number of anilines is 1. The van der Waals surface area contributed by atoms with E-state index in [2.05, 4.69) is 44.0 Å². The van der Waals surface area contributed by atoms with Gasteiger partial charge in [0, 0.05) is 16.4 Å². The molecule has 0 aliphatic carbocycles. The van der Waals surface area contributed by atoms with Crippen molar-refractivity contribution in [1.29, 1.82) is 0 Å². The molecular formula is C14H15BrN4OS. The molecule has 1 amide bonds. The Morgan fingerprint density at radius 1 is 1.33 bits per heavy atom. The maximum atomic E-state index is 11.8. The molecule has 1 aromatic heterocycles. The molecular weight excluding hydrogens is 352 g/mol. The number of aromatic nitrogens is 1. The molecule has 4 N–H and O–H groups in total. The Labute approximate surface area is 136 Å². The van der Waals surface area contributed by atoms with Gasteiger partial charge in [0.2, 0.25) is 0 Å². The highest BCUT2D eigenvalue weighted by Crippen LogP contribution is 2.11. The molecule has 1 heterocycles. The Morgan fingerprint density at radius 3 is 2.81 bits per heavy atom. The Morgan fingerprint density at radius 2 is 2.14 bits per heavy atom. The summed E-state index contributed by atoms with van der Waals surface area (Å²) in [5, 5.41) is 3.34. The van der Waals surface area contributed by atoms with Crippen molar-refractivity contribution in [2.45, 2.75) is 13.3 Å². The molecule has 0 bridgehead atoms. The molecule has 0 radical (unpaired) electrons. The molecule has 21 heavy (non-hydrogen) atoms. The van der Waals surface area contributed by atoms with Crippen molar-refractivity contribution < 1.29 is 4.79 Å². The lowest BCUT2D eigenvalue weighted by atomic mass is 10.1. The first-order chi connectivity index (χ1) is 10.1. The lowest BCUT2D eigenvalue weighted by Gasteiger charge is -2.11. The monoisotopic (exact) mass is 366 g/mol. The van der Waals surface area contributed by atoms with Gasteiger partial charge in [0.15, 0.2) is 5.11 Å². The molecule has 0 aliphatic heterocycles. The first-order valence-corrected chi connectivity index (χ1v) is 7.59. The van der Waals surface area contributed by atoms with Gasteiger partial charge in [0.25, 0.3) is 5.91 Å². The fourth-order valence-electron chi connectivity index (χ4n) is 1.71. The van der Waals surface area contributed by atoms with Gasteiger partial charge in [0.05, 0.1) is 0 Å². The van der Waals surface area contributed by atoms with E-state index in [4.69, 9.17) is 12.2 Å². The van der Waals surface area contributed by atoms with Crippen molar-refractivity contribution in [2.24, 2.45) is 0 Å². The van der Waals surface area contributed by atoms with Crippen LogP contribution in [-0.4, -0.2) is 16.0 Å². The molecule has 2 aromatic rings. The second kappa shape index (κ2) is 7.24. The SMILES string of the molecule is CCc1cccc(NC(=S)NNC(=O)c2cc(Br)c[nH]2)c1. The van der Waals surface area contributed by atoms with Crippen molar-refractivity contribution in [1.82, 2.24) is 15.8 Å². The number of rotatable bonds is 3. The lowest BCUT2D eigenvalue weighted by Crippen LogP contribution is -2.43. The summed E-state index contributed by atoms with van der Waals surface area (Å²) < 4.78 is 0.810. The number of carbonyl (C=O) groups is 1. The molecule has 0 unspecified atom stereocenters. The third-order valence-electron chi connectivity index (χ3n) is 2.78. The van der Waals surface area contributed by atoms with Crippen molar-refractivity contribution in [2.75, 3.05) is 5.32 Å². The number of thiocarbonyl (C=S) groups is 1. The number of hydrogen-bond donors (Lipinski definition) is 4. The molecule has 5 nitrogen and oxygen atoms in total. The van der Waals surface area contributed by atoms with Crippen molar-refractivity contribution >= 4 is 44.9 Å². The van der Waals surface area contributed by atoms with Crippen molar-refractivity contribution in [3.8, 4) is 0 Å². The normalized spacial score (nSPS) is 10.0. The largest absolute Gasteiger partial charge is 0.356 e. The van der Waals surface area contributed by atoms with E-state index < -0.39 is 0 Å². The van der Waals surface area contributed by atoms with E-state index in [1.54, 1.807) is 12.3 Å². The van der Waals surface area contributed by atoms with Crippen LogP contribution in [0, 0.1) is 0 Å². The van der Waals surface area contributed by atoms with Crippen LogP contribution in [0.4, 0.5) is 5.69 Å². The summed E-state index contributed by atoms with van der Waals surface area (Å²) in [7, 11) is 0. The van der Waals surface area contributed by atoms with Crippen LogP contribution in [-0.2, 0) is 6.42 Å². The van der Waals surface area contributed by atoms with Crippen LogP contribution < -0.4 is 16.2 Å². The zero-order valence-corrected chi connectivity index (χ0v) is 13.8. The van der Waals surface area contributed by atoms with E-state index in [0.29, 0.717) is 10.8 Å². The highest BCUT2D eigenvalue weighted by molar-refractivity contribution is 9.10. The minimum atomic E-state index is -0.299. The third kappa shape index (κ3) is 4.57. The van der Waals surface area contributed by atoms with E-state index in [1.807, 2.05) is 24.3 Å². The average molecular weight is 367 g/mol. The minimum Gasteiger partial charge on any atom is -0.356 e. The van der Waals surface area contributed by atoms with Gasteiger partial charge in [0.1, 0.15) is 5.69 Å². The Balaban J connectivity index is 1.85. The van der Waals surface area contributed by atoms with Crippen LogP contribution in [0.25, 0.3) is 0 Å². The molecule has 1 aromatic carbocycles. The number of hydrogen-bond acceptors (Lipinski definition) is 2. The van der Waals surface area contributed by atoms with Gasteiger partial charge in [-0.2, -0.15) is 0 Å². The first-order valence-electron chi connectivity index (χ1n) is 6.38. The Hall–Kier alpha value is -1.86. The predicted molar refractivity (Wildman–Crippen MR) is 91.1 cm³/mol. The fraction of sp³-hybridized carbons (Fsp3) is 0.143. The number of carbonyl (C=O) groups excluding carboxylic acids is 1. The molecule has 7 heteroatoms. The van der Waals surface area contributed by atoms with Crippen LogP contribution in [0.5, 0.6) is 0 Å². The van der Waals surface area contributed by atoms with E-state index in [1.165, 1.54) is 5.56 Å². The molecule has 0 aliphatic rings. The van der Waals surface area contributed by atoms with E-state index in [0.717, 1.165) is 16.6 Å². The molecule has 0 atom stereocenters. The number of benzene rings is 1. The van der Waals surface area contributed by atoms with E-state index in [9.17, 15) is 4.79 Å². The topological polar surface area (TPSA) is 68.9 Å². The lowest BCUT2D eigenvalue weighted by molar-refractivity contribution is 0.0940. The third-order valence-corrected chi connectivity index (χ3v) is 3.44. The van der Waals surface area contributed by atoms with E-state index in [-0.39, 0.29) is 5.91 Å². The summed E-state index contributed by atoms with van der Waals surface area (Å²) in [4.78, 5) is 14.6. The summed E-state index contributed by atoms with van der Waals surface area (Å²) in [6.07, 6.45) is 2.63. The van der Waals surface area contributed by atoms with Gasteiger partial charge in [-0.3, -0.25) is 15.6 Å². The summed E-state index contributed by atoms with van der Waals surface area (Å²) >= 11 is 8.40. The molecule has 0 spiro atoms. The smallest absolute Gasteiger partial charge is 0.286 e. The van der Waals surface area contributed by atoms with Gasteiger partial charge in [-0.15, -0.1) is 0 Å². The summed E-state index contributed by atoms with van der Waals surface area (Å²) in [5.41, 5.74) is 7.70. The van der Waals surface area contributed by atoms with Crippen LogP contribution in [0.15, 0.2) is 41.0 Å². The molecule has 110 valence electrons. The Kier molecular flexibility index (Phi) is 5.35. The quantitative estimate of drug-likeness (QED) is 0.497. The second-order valence-electron chi connectivity index (χ2n) is 4.32. The number of halogens is 1. The van der Waals surface area contributed by atoms with Crippen LogP contribution in [0.1, 0.15) is 23.0 Å². The van der Waals surface area contributed by atoms with Gasteiger partial charge >= 0.3 is 0 Å².